The summed E-state index contributed by atoms with van der Waals surface area (Å²) in [5.41, 5.74) is 7.53. The number of para-hydroxylation sites is 1. The van der Waals surface area contributed by atoms with Crippen molar-refractivity contribution in [2.45, 2.75) is 12.5 Å². The van der Waals surface area contributed by atoms with Gasteiger partial charge in [-0.25, -0.2) is 4.98 Å². The van der Waals surface area contributed by atoms with Crippen LogP contribution < -0.4 is 10.5 Å². The Labute approximate surface area is 170 Å². The summed E-state index contributed by atoms with van der Waals surface area (Å²) in [6.07, 6.45) is 2.37. The molecule has 7 heteroatoms. The van der Waals surface area contributed by atoms with Crippen LogP contribution in [-0.2, 0) is 0 Å². The zero-order valence-corrected chi connectivity index (χ0v) is 16.2. The Morgan fingerprint density at radius 3 is 2.52 bits per heavy atom. The number of nitrogens with one attached hydrogen (secondary N) is 1. The van der Waals surface area contributed by atoms with Gasteiger partial charge >= 0.3 is 0 Å². The number of hydrogen-bond acceptors (Lipinski definition) is 6. The van der Waals surface area contributed by atoms with Gasteiger partial charge in [0.15, 0.2) is 0 Å². The van der Waals surface area contributed by atoms with Gasteiger partial charge in [-0.15, -0.1) is 0 Å². The molecule has 4 rings (SSSR count). The molecule has 2 heterocycles. The predicted molar refractivity (Wildman–Crippen MR) is 114 cm³/mol. The summed E-state index contributed by atoms with van der Waals surface area (Å²) in [5, 5.41) is 13.4. The molecule has 1 aromatic heterocycles. The van der Waals surface area contributed by atoms with E-state index in [4.69, 9.17) is 21.2 Å². The highest BCUT2D eigenvalue weighted by Gasteiger charge is 2.18. The molecule has 1 aliphatic heterocycles. The van der Waals surface area contributed by atoms with Gasteiger partial charge in [-0.1, -0.05) is 18.2 Å². The monoisotopic (exact) mass is 387 g/mol. The van der Waals surface area contributed by atoms with Crippen LogP contribution in [0.2, 0.25) is 0 Å². The number of likely N-dealkylation sites (N-methyl/N-ethyl adjacent to an activating group) is 1. The maximum absolute atomic E-state index is 8.69. The van der Waals surface area contributed by atoms with Gasteiger partial charge in [-0.2, -0.15) is 0 Å². The fourth-order valence-electron chi connectivity index (χ4n) is 3.38. The minimum Gasteiger partial charge on any atom is -0.460 e. The van der Waals surface area contributed by atoms with Gasteiger partial charge in [-0.3, -0.25) is 5.41 Å². The molecule has 0 aliphatic carbocycles. The van der Waals surface area contributed by atoms with E-state index in [2.05, 4.69) is 21.9 Å². The van der Waals surface area contributed by atoms with E-state index >= 15 is 0 Å². The highest BCUT2D eigenvalue weighted by molar-refractivity contribution is 6.16. The molecule has 1 unspecified atom stereocenters. The lowest BCUT2D eigenvalue weighted by atomic mass is 10.0. The van der Waals surface area contributed by atoms with E-state index in [9.17, 15) is 0 Å². The summed E-state index contributed by atoms with van der Waals surface area (Å²) in [7, 11) is 2.08. The molecule has 0 amide bonds. The zero-order chi connectivity index (χ0) is 20.2. The van der Waals surface area contributed by atoms with E-state index < -0.39 is 0 Å². The first-order chi connectivity index (χ1) is 14.1. The summed E-state index contributed by atoms with van der Waals surface area (Å²) in [6.45, 7) is 1.88. The van der Waals surface area contributed by atoms with E-state index in [-0.39, 0.29) is 17.6 Å². The smallest absolute Gasteiger partial charge is 0.132 e. The summed E-state index contributed by atoms with van der Waals surface area (Å²) < 4.78 is 5.82. The fourth-order valence-corrected chi connectivity index (χ4v) is 3.38. The molecule has 29 heavy (non-hydrogen) atoms. The van der Waals surface area contributed by atoms with Crippen LogP contribution in [0.15, 0.2) is 60.9 Å². The molecule has 0 spiro atoms. The van der Waals surface area contributed by atoms with E-state index in [1.807, 2.05) is 54.6 Å². The van der Waals surface area contributed by atoms with Crippen LogP contribution >= 0.6 is 0 Å². The molecule has 3 aromatic rings. The number of benzene rings is 2. The molecule has 1 atom stereocenters. The van der Waals surface area contributed by atoms with Crippen LogP contribution in [-0.4, -0.2) is 46.8 Å². The summed E-state index contributed by atoms with van der Waals surface area (Å²) in [6, 6.07) is 17.1. The Bertz CT molecular complexity index is 990. The third-order valence-corrected chi connectivity index (χ3v) is 4.90. The van der Waals surface area contributed by atoms with Gasteiger partial charge in [-0.05, 0) is 68.3 Å². The summed E-state index contributed by atoms with van der Waals surface area (Å²) in [5.74, 6) is 2.20. The van der Waals surface area contributed by atoms with Crippen LogP contribution in [0.5, 0.6) is 11.5 Å². The highest BCUT2D eigenvalue weighted by atomic mass is 16.5. The molecule has 1 saturated heterocycles. The van der Waals surface area contributed by atoms with Crippen LogP contribution in [0.3, 0.4) is 0 Å². The molecule has 1 aliphatic rings. The van der Waals surface area contributed by atoms with E-state index in [0.717, 1.165) is 25.3 Å². The van der Waals surface area contributed by atoms with Gasteiger partial charge in [0.25, 0.3) is 0 Å². The first-order valence-electron chi connectivity index (χ1n) is 9.52. The standard InChI is InChI=1S/C22H23N6O/c1-28-12-11-16(13-28)27-22-19(21(24)25-14-26-22)20(23)15-7-9-18(10-8-15)29-17-5-3-2-4-6-17/h2-10,14,16,23H,11-13H2,1H3,(H2-,24,25,26,27)/q-1. The number of likely N-dealkylation sites (tertiary alicyclic amines) is 1. The largest absolute Gasteiger partial charge is 0.460 e. The molecular formula is C22H23N6O-. The molecular weight excluding hydrogens is 364 g/mol. The molecule has 0 radical (unpaired) electrons. The van der Waals surface area contributed by atoms with Gasteiger partial charge in [0.05, 0.1) is 5.71 Å². The number of nitrogens with two attached hydrogens (primary N) is 1. The van der Waals surface area contributed by atoms with Crippen molar-refractivity contribution in [1.29, 1.82) is 5.41 Å². The Hall–Kier alpha value is -3.45. The number of anilines is 1. The van der Waals surface area contributed by atoms with Crippen molar-refractivity contribution >= 4 is 17.3 Å². The quantitative estimate of drug-likeness (QED) is 0.623. The lowest BCUT2D eigenvalue weighted by Crippen LogP contribution is -2.16. The van der Waals surface area contributed by atoms with Crippen molar-refractivity contribution < 1.29 is 4.74 Å². The Morgan fingerprint density at radius 2 is 1.83 bits per heavy atom. The molecule has 3 N–H and O–H groups in total. The van der Waals surface area contributed by atoms with Crippen LogP contribution in [0.4, 0.5) is 11.6 Å². The van der Waals surface area contributed by atoms with Crippen molar-refractivity contribution in [3.8, 4) is 11.5 Å². The number of nitrogens with zero attached hydrogens (tertiary/aromatic N) is 4. The molecule has 0 bridgehead atoms. The normalized spacial score (nSPS) is 16.5. The third kappa shape index (κ3) is 4.35. The Balaban J connectivity index is 1.54. The maximum Gasteiger partial charge on any atom is 0.132 e. The van der Waals surface area contributed by atoms with E-state index in [1.54, 1.807) is 0 Å². The topological polar surface area (TPSA) is 102 Å². The average Bonchev–Trinajstić information content (AvgIpc) is 3.14. The van der Waals surface area contributed by atoms with Crippen molar-refractivity contribution in [3.05, 3.63) is 77.4 Å². The van der Waals surface area contributed by atoms with Crippen molar-refractivity contribution in [2.24, 2.45) is 0 Å². The fraction of sp³-hybridized carbons (Fsp3) is 0.227. The third-order valence-electron chi connectivity index (χ3n) is 4.90. The number of hydrogen-bond donors (Lipinski definition) is 2. The Kier molecular flexibility index (Phi) is 5.39. The Morgan fingerprint density at radius 1 is 1.10 bits per heavy atom. The number of ether oxygens (including phenoxy) is 1. The van der Waals surface area contributed by atoms with Crippen LogP contribution in [0.25, 0.3) is 5.32 Å². The van der Waals surface area contributed by atoms with E-state index in [1.165, 1.54) is 6.33 Å². The van der Waals surface area contributed by atoms with Gasteiger partial charge < -0.3 is 25.7 Å². The second-order valence-electron chi connectivity index (χ2n) is 7.11. The molecule has 7 nitrogen and oxygen atoms in total. The highest BCUT2D eigenvalue weighted by Crippen LogP contribution is 2.32. The minimum absolute atomic E-state index is 0.155. The average molecular weight is 387 g/mol. The second-order valence-corrected chi connectivity index (χ2v) is 7.11. The molecule has 2 aromatic carbocycles. The number of aromatic nitrogens is 2. The molecule has 0 saturated carbocycles. The SMILES string of the molecule is CN1CCC([N-]c2ncnc(N)c2C(=N)c2ccc(Oc3ccccc3)cc2)C1. The number of rotatable bonds is 6. The van der Waals surface area contributed by atoms with Crippen molar-refractivity contribution in [2.75, 3.05) is 25.9 Å². The minimum atomic E-state index is 0.155. The zero-order valence-electron chi connectivity index (χ0n) is 16.2. The van der Waals surface area contributed by atoms with Gasteiger partial charge in [0, 0.05) is 24.0 Å². The summed E-state index contributed by atoms with van der Waals surface area (Å²) in [4.78, 5) is 10.6. The van der Waals surface area contributed by atoms with Crippen molar-refractivity contribution in [1.82, 2.24) is 14.9 Å². The van der Waals surface area contributed by atoms with Crippen LogP contribution in [0.1, 0.15) is 17.5 Å². The first kappa shape index (κ1) is 18.9. The van der Waals surface area contributed by atoms with Gasteiger partial charge in [0.1, 0.15) is 17.3 Å². The lowest BCUT2D eigenvalue weighted by molar-refractivity contribution is 0.415. The predicted octanol–water partition coefficient (Wildman–Crippen LogP) is 3.98. The van der Waals surface area contributed by atoms with Crippen molar-refractivity contribution in [3.63, 3.8) is 0 Å². The van der Waals surface area contributed by atoms with Gasteiger partial charge in [0.2, 0.25) is 0 Å². The first-order valence-corrected chi connectivity index (χ1v) is 9.52. The number of nitrogen functional groups attached to an aromatic ring is 1. The van der Waals surface area contributed by atoms with E-state index in [0.29, 0.717) is 22.7 Å². The van der Waals surface area contributed by atoms with Crippen LogP contribution in [0, 0.1) is 5.41 Å². The second kappa shape index (κ2) is 8.28. The summed E-state index contributed by atoms with van der Waals surface area (Å²) >= 11 is 0. The molecule has 148 valence electrons. The molecule has 1 fully saturated rings. The lowest BCUT2D eigenvalue weighted by Gasteiger charge is -2.25. The maximum atomic E-state index is 8.69.